The Balaban J connectivity index is 1.34. The van der Waals surface area contributed by atoms with Gasteiger partial charge in [-0.25, -0.2) is 15.0 Å². The number of hydrogen-bond acceptors (Lipinski definition) is 10. The van der Waals surface area contributed by atoms with Gasteiger partial charge in [0, 0.05) is 44.5 Å². The van der Waals surface area contributed by atoms with Crippen LogP contribution >= 0.6 is 0 Å². The van der Waals surface area contributed by atoms with Crippen molar-refractivity contribution in [2.75, 3.05) is 37.9 Å². The first-order valence-electron chi connectivity index (χ1n) is 17.8. The van der Waals surface area contributed by atoms with Crippen molar-refractivity contribution < 1.29 is 19.1 Å². The fourth-order valence-electron chi connectivity index (χ4n) is 6.17. The van der Waals surface area contributed by atoms with Crippen molar-refractivity contribution in [1.82, 2.24) is 48.5 Å². The van der Waals surface area contributed by atoms with Gasteiger partial charge in [0.1, 0.15) is 28.2 Å². The fourth-order valence-corrected chi connectivity index (χ4v) is 6.17. The van der Waals surface area contributed by atoms with Crippen molar-refractivity contribution in [3.8, 4) is 5.75 Å². The van der Waals surface area contributed by atoms with Crippen LogP contribution in [0.1, 0.15) is 63.0 Å². The molecule has 0 spiro atoms. The number of anilines is 2. The highest BCUT2D eigenvalue weighted by molar-refractivity contribution is 6.04. The fraction of sp³-hybridized carbons (Fsp3) is 0.351. The minimum Gasteiger partial charge on any atom is -0.491 e. The average Bonchev–Trinajstić information content (AvgIpc) is 3.90. The third-order valence-electron chi connectivity index (χ3n) is 8.66. The van der Waals surface area contributed by atoms with Crippen LogP contribution in [0.15, 0.2) is 54.7 Å². The Hall–Kier alpha value is -6.36. The molecule has 4 N–H and O–H groups in total. The lowest BCUT2D eigenvalue weighted by Gasteiger charge is -2.14. The van der Waals surface area contributed by atoms with E-state index in [1.807, 2.05) is 69.1 Å². The van der Waals surface area contributed by atoms with Gasteiger partial charge in [-0.15, -0.1) is 0 Å². The highest BCUT2D eigenvalue weighted by Crippen LogP contribution is 2.31. The van der Waals surface area contributed by atoms with Gasteiger partial charge in [0.15, 0.2) is 5.65 Å². The molecule has 0 saturated carbocycles. The molecule has 0 fully saturated rings. The second-order valence-corrected chi connectivity index (χ2v) is 13.0. The summed E-state index contributed by atoms with van der Waals surface area (Å²) < 4.78 is 13.1. The van der Waals surface area contributed by atoms with E-state index >= 15 is 0 Å². The summed E-state index contributed by atoms with van der Waals surface area (Å²) in [6.07, 6.45) is 6.23. The Bertz CT molecular complexity index is 2360. The van der Waals surface area contributed by atoms with Crippen LogP contribution in [0.4, 0.5) is 11.9 Å². The lowest BCUT2D eigenvalue weighted by atomic mass is 10.1. The molecular formula is C37H45N13O4. The minimum absolute atomic E-state index is 0.231. The second kappa shape index (κ2) is 16.1. The molecule has 17 heteroatoms. The Morgan fingerprint density at radius 2 is 1.44 bits per heavy atom. The van der Waals surface area contributed by atoms with Crippen molar-refractivity contribution in [3.05, 3.63) is 83.1 Å². The maximum absolute atomic E-state index is 13.6. The van der Waals surface area contributed by atoms with Crippen molar-refractivity contribution in [2.24, 2.45) is 5.73 Å². The van der Waals surface area contributed by atoms with Crippen LogP contribution in [0.2, 0.25) is 0 Å². The van der Waals surface area contributed by atoms with E-state index in [1.54, 1.807) is 45.9 Å². The molecule has 1 aromatic carbocycles. The third kappa shape index (κ3) is 8.00. The number of carbonyl (C=O) groups is 3. The molecule has 54 heavy (non-hydrogen) atoms. The van der Waals surface area contributed by atoms with Gasteiger partial charge in [-0.1, -0.05) is 12.2 Å². The SMILES string of the molecule is CCn1nc(C)cc1C(=O)Nc1nc2cccnc2n1C/C=C/Cn1c(NC(=O)c2cc(C)nn2CC)nc2cc(C(N)=O)cc(OCCCN(C)C)c21. The molecule has 0 saturated heterocycles. The lowest BCUT2D eigenvalue weighted by molar-refractivity contribution is 0.0994. The summed E-state index contributed by atoms with van der Waals surface area (Å²) in [6.45, 7) is 10.3. The Kier molecular flexibility index (Phi) is 11.2. The van der Waals surface area contributed by atoms with Crippen LogP contribution in [0, 0.1) is 13.8 Å². The molecule has 5 aromatic heterocycles. The van der Waals surface area contributed by atoms with E-state index in [-0.39, 0.29) is 24.0 Å². The average molecular weight is 736 g/mol. The number of nitrogens with two attached hydrogens (primary N) is 1. The van der Waals surface area contributed by atoms with Crippen LogP contribution < -0.4 is 21.1 Å². The summed E-state index contributed by atoms with van der Waals surface area (Å²) in [5.74, 6) is -0.376. The first-order chi connectivity index (χ1) is 26.0. The van der Waals surface area contributed by atoms with Crippen molar-refractivity contribution >= 4 is 51.8 Å². The quantitative estimate of drug-likeness (QED) is 0.0964. The van der Waals surface area contributed by atoms with Crippen molar-refractivity contribution in [2.45, 2.75) is 60.3 Å². The molecule has 0 aliphatic heterocycles. The molecule has 0 aliphatic rings. The molecule has 5 heterocycles. The summed E-state index contributed by atoms with van der Waals surface area (Å²) in [7, 11) is 3.97. The van der Waals surface area contributed by atoms with E-state index in [0.29, 0.717) is 77.2 Å². The topological polar surface area (TPSA) is 198 Å². The van der Waals surface area contributed by atoms with Crippen LogP contribution in [-0.2, 0) is 26.2 Å². The van der Waals surface area contributed by atoms with Gasteiger partial charge < -0.3 is 19.9 Å². The van der Waals surface area contributed by atoms with Crippen molar-refractivity contribution in [3.63, 3.8) is 0 Å². The standard InChI is InChI=1S/C37H45N13O4/c1-7-49-28(19-23(3)44-49)34(52)42-36-41-27-21-25(32(38)51)22-30(54-18-12-15-46(5)6)31(27)47(36)16-9-10-17-48-33-26(13-11-14-39-33)40-37(48)43-35(53)29-20-24(4)45-50(29)8-2/h9-11,13-14,19-22H,7-8,12,15-18H2,1-6H3,(H2,38,51)(H,40,43,53)(H,41,42,52)/b10-9+. The summed E-state index contributed by atoms with van der Waals surface area (Å²) in [4.78, 5) is 55.4. The number of amides is 3. The Morgan fingerprint density at radius 1 is 0.852 bits per heavy atom. The van der Waals surface area contributed by atoms with E-state index in [1.165, 1.54) is 0 Å². The van der Waals surface area contributed by atoms with E-state index in [0.717, 1.165) is 18.7 Å². The zero-order valence-corrected chi connectivity index (χ0v) is 31.3. The minimum atomic E-state index is -0.629. The van der Waals surface area contributed by atoms with E-state index in [2.05, 4.69) is 35.7 Å². The smallest absolute Gasteiger partial charge is 0.276 e. The molecule has 6 rings (SSSR count). The zero-order valence-electron chi connectivity index (χ0n) is 31.3. The summed E-state index contributed by atoms with van der Waals surface area (Å²) >= 11 is 0. The van der Waals surface area contributed by atoms with Crippen LogP contribution in [-0.4, -0.2) is 93.5 Å². The van der Waals surface area contributed by atoms with Gasteiger partial charge in [0.05, 0.1) is 23.5 Å². The molecule has 0 unspecified atom stereocenters. The third-order valence-corrected chi connectivity index (χ3v) is 8.66. The van der Waals surface area contributed by atoms with E-state index in [4.69, 9.17) is 15.5 Å². The normalized spacial score (nSPS) is 11.7. The number of carbonyl (C=O) groups excluding carboxylic acids is 3. The maximum atomic E-state index is 13.6. The lowest BCUT2D eigenvalue weighted by Crippen LogP contribution is -2.20. The first-order valence-corrected chi connectivity index (χ1v) is 17.8. The van der Waals surface area contributed by atoms with Crippen LogP contribution in [0.3, 0.4) is 0 Å². The number of pyridine rings is 1. The number of fused-ring (bicyclic) bond motifs is 2. The highest BCUT2D eigenvalue weighted by Gasteiger charge is 2.22. The van der Waals surface area contributed by atoms with Gasteiger partial charge in [0.2, 0.25) is 17.8 Å². The number of rotatable bonds is 16. The number of allylic oxidation sites excluding steroid dienone is 2. The molecule has 3 amide bonds. The number of primary amides is 1. The number of imidazole rings is 2. The first kappa shape index (κ1) is 37.4. The highest BCUT2D eigenvalue weighted by atomic mass is 16.5. The van der Waals surface area contributed by atoms with Gasteiger partial charge in [-0.3, -0.25) is 38.9 Å². The molecule has 6 aromatic rings. The molecule has 0 radical (unpaired) electrons. The summed E-state index contributed by atoms with van der Waals surface area (Å²) in [5, 5.41) is 14.7. The predicted octanol–water partition coefficient (Wildman–Crippen LogP) is 4.02. The van der Waals surface area contributed by atoms with Crippen LogP contribution in [0.25, 0.3) is 22.2 Å². The Labute approximate surface area is 311 Å². The number of aromatic nitrogens is 9. The molecule has 0 atom stereocenters. The molecule has 0 bridgehead atoms. The monoisotopic (exact) mass is 735 g/mol. The Morgan fingerprint density at radius 3 is 2.04 bits per heavy atom. The molecule has 0 aliphatic carbocycles. The number of nitrogens with zero attached hydrogens (tertiary/aromatic N) is 10. The zero-order chi connectivity index (χ0) is 38.5. The number of benzene rings is 1. The number of hydrogen-bond donors (Lipinski definition) is 3. The van der Waals surface area contributed by atoms with Crippen LogP contribution in [0.5, 0.6) is 5.75 Å². The predicted molar refractivity (Wildman–Crippen MR) is 205 cm³/mol. The van der Waals surface area contributed by atoms with E-state index in [9.17, 15) is 14.4 Å². The largest absolute Gasteiger partial charge is 0.491 e. The summed E-state index contributed by atoms with van der Waals surface area (Å²) in [6, 6.07) is 10.3. The number of ether oxygens (including phenoxy) is 1. The number of aryl methyl sites for hydroxylation is 4. The molecule has 282 valence electrons. The molecule has 17 nitrogen and oxygen atoms in total. The summed E-state index contributed by atoms with van der Waals surface area (Å²) in [5.41, 5.74) is 10.4. The molecular weight excluding hydrogens is 690 g/mol. The maximum Gasteiger partial charge on any atom is 0.276 e. The second-order valence-electron chi connectivity index (χ2n) is 13.0. The van der Waals surface area contributed by atoms with Gasteiger partial charge >= 0.3 is 0 Å². The van der Waals surface area contributed by atoms with Gasteiger partial charge in [-0.05, 0) is 84.6 Å². The van der Waals surface area contributed by atoms with E-state index < -0.39 is 11.8 Å². The number of nitrogens with one attached hydrogen (secondary N) is 2. The van der Waals surface area contributed by atoms with Crippen molar-refractivity contribution in [1.29, 1.82) is 0 Å². The van der Waals surface area contributed by atoms with Gasteiger partial charge in [-0.2, -0.15) is 10.2 Å². The van der Waals surface area contributed by atoms with Gasteiger partial charge in [0.25, 0.3) is 11.8 Å².